The van der Waals surface area contributed by atoms with Gasteiger partial charge in [-0.1, -0.05) is 24.6 Å². The molecule has 28 heavy (non-hydrogen) atoms. The van der Waals surface area contributed by atoms with Crippen molar-refractivity contribution in [3.05, 3.63) is 64.2 Å². The van der Waals surface area contributed by atoms with Crippen LogP contribution in [0.15, 0.2) is 47.5 Å². The van der Waals surface area contributed by atoms with Crippen LogP contribution in [0.2, 0.25) is 0 Å². The highest BCUT2D eigenvalue weighted by Gasteiger charge is 2.18. The van der Waals surface area contributed by atoms with Crippen LogP contribution < -0.4 is 14.1 Å². The van der Waals surface area contributed by atoms with E-state index in [0.717, 1.165) is 34.0 Å². The van der Waals surface area contributed by atoms with Crippen molar-refractivity contribution in [2.45, 2.75) is 32.1 Å². The van der Waals surface area contributed by atoms with Crippen LogP contribution in [0.3, 0.4) is 0 Å². The minimum Gasteiger partial charge on any atom is -0.493 e. The zero-order valence-electron chi connectivity index (χ0n) is 16.7. The number of rotatable bonds is 6. The standard InChI is InChI=1S/C21H24N2O4S/c1-6-18-15(3)23(22-28(24,25)17-9-7-14(2)8-10-17)13-16-11-20(26-4)21(27-5)12-19(16)18/h7-13H,6H2,1-5H3. The molecular weight excluding hydrogens is 376 g/mol. The van der Waals surface area contributed by atoms with E-state index in [1.807, 2.05) is 32.9 Å². The molecule has 148 valence electrons. The zero-order valence-corrected chi connectivity index (χ0v) is 17.5. The predicted molar refractivity (Wildman–Crippen MR) is 108 cm³/mol. The van der Waals surface area contributed by atoms with Crippen molar-refractivity contribution in [3.63, 3.8) is 0 Å². The van der Waals surface area contributed by atoms with Crippen molar-refractivity contribution in [3.8, 4) is 11.5 Å². The second kappa shape index (κ2) is 7.67. The fourth-order valence-electron chi connectivity index (χ4n) is 3.23. The minimum absolute atomic E-state index is 0.162. The van der Waals surface area contributed by atoms with Crippen molar-refractivity contribution in [1.82, 2.24) is 0 Å². The van der Waals surface area contributed by atoms with Gasteiger partial charge in [0.05, 0.1) is 19.1 Å². The van der Waals surface area contributed by atoms with Gasteiger partial charge in [-0.05, 0) is 37.6 Å². The Hall–Kier alpha value is -2.80. The van der Waals surface area contributed by atoms with Gasteiger partial charge < -0.3 is 14.3 Å². The summed E-state index contributed by atoms with van der Waals surface area (Å²) >= 11 is 0. The number of hydrogen-bond acceptors (Lipinski definition) is 4. The summed E-state index contributed by atoms with van der Waals surface area (Å²) in [5.74, 6) is 1.21. The lowest BCUT2D eigenvalue weighted by atomic mass is 10.0. The molecule has 0 aliphatic carbocycles. The summed E-state index contributed by atoms with van der Waals surface area (Å²) in [5, 5.41) is 1.81. The average molecular weight is 401 g/mol. The Morgan fingerprint density at radius 2 is 1.61 bits per heavy atom. The molecule has 0 N–H and O–H groups in total. The summed E-state index contributed by atoms with van der Waals surface area (Å²) in [6.07, 6.45) is 2.43. The first-order valence-corrected chi connectivity index (χ1v) is 10.4. The highest BCUT2D eigenvalue weighted by atomic mass is 32.2. The van der Waals surface area contributed by atoms with Gasteiger partial charge in [-0.25, -0.2) is 13.1 Å². The summed E-state index contributed by atoms with van der Waals surface area (Å²) < 4.78 is 37.8. The summed E-state index contributed by atoms with van der Waals surface area (Å²) in [6, 6.07) is 10.4. The van der Waals surface area contributed by atoms with Crippen LogP contribution in [0.4, 0.5) is 0 Å². The Labute approximate surface area is 165 Å². The molecule has 2 aromatic carbocycles. The molecule has 0 aliphatic heterocycles. The lowest BCUT2D eigenvalue weighted by molar-refractivity contribution is -0.619. The van der Waals surface area contributed by atoms with Crippen LogP contribution in [0.25, 0.3) is 15.6 Å². The molecule has 0 amide bonds. The van der Waals surface area contributed by atoms with Gasteiger partial charge in [-0.2, -0.15) is 0 Å². The van der Waals surface area contributed by atoms with Gasteiger partial charge in [0.1, 0.15) is 0 Å². The number of hydrogen-bond donors (Lipinski definition) is 0. The number of nitrogens with zero attached hydrogens (tertiary/aromatic N) is 2. The number of pyridine rings is 1. The molecule has 0 saturated heterocycles. The van der Waals surface area contributed by atoms with Gasteiger partial charge in [0, 0.05) is 23.3 Å². The molecule has 7 heteroatoms. The maximum absolute atomic E-state index is 12.8. The van der Waals surface area contributed by atoms with Crippen LogP contribution in [-0.2, 0) is 16.4 Å². The molecule has 0 aliphatic rings. The first-order chi connectivity index (χ1) is 13.3. The highest BCUT2D eigenvalue weighted by molar-refractivity contribution is 7.93. The predicted octanol–water partition coefficient (Wildman–Crippen LogP) is 3.85. The molecule has 1 aromatic heterocycles. The SMILES string of the molecule is CCc1c(C)[n+]([N-]S(=O)(=O)c2ccc(C)cc2)cc2cc(OC)c(OC)cc12. The Kier molecular flexibility index (Phi) is 5.47. The molecule has 0 unspecified atom stereocenters. The van der Waals surface area contributed by atoms with Crippen LogP contribution in [0, 0.1) is 13.8 Å². The normalized spacial score (nSPS) is 11.5. The largest absolute Gasteiger partial charge is 0.493 e. The molecule has 0 atom stereocenters. The van der Waals surface area contributed by atoms with E-state index >= 15 is 0 Å². The van der Waals surface area contributed by atoms with E-state index in [9.17, 15) is 8.42 Å². The third-order valence-electron chi connectivity index (χ3n) is 4.79. The van der Waals surface area contributed by atoms with E-state index in [1.165, 1.54) is 4.68 Å². The summed E-state index contributed by atoms with van der Waals surface area (Å²) in [7, 11) is -0.682. The summed E-state index contributed by atoms with van der Waals surface area (Å²) in [6.45, 7) is 5.80. The summed E-state index contributed by atoms with van der Waals surface area (Å²) in [4.78, 5) is 4.23. The third-order valence-corrected chi connectivity index (χ3v) is 6.05. The van der Waals surface area contributed by atoms with Crippen LogP contribution >= 0.6 is 0 Å². The molecule has 3 aromatic rings. The van der Waals surface area contributed by atoms with E-state index < -0.39 is 10.0 Å². The summed E-state index contributed by atoms with van der Waals surface area (Å²) in [5.41, 5.74) is 2.75. The lowest BCUT2D eigenvalue weighted by Gasteiger charge is -2.19. The molecule has 0 fully saturated rings. The maximum atomic E-state index is 12.8. The van der Waals surface area contributed by atoms with E-state index in [2.05, 4.69) is 4.83 Å². The molecule has 0 radical (unpaired) electrons. The van der Waals surface area contributed by atoms with Gasteiger partial charge in [-0.15, -0.1) is 0 Å². The lowest BCUT2D eigenvalue weighted by Crippen LogP contribution is -2.36. The monoisotopic (exact) mass is 400 g/mol. The maximum Gasteiger partial charge on any atom is 0.178 e. The molecular formula is C21H24N2O4S. The Bertz CT molecular complexity index is 1120. The minimum atomic E-state index is -3.84. The van der Waals surface area contributed by atoms with Crippen molar-refractivity contribution in [2.24, 2.45) is 0 Å². The number of ether oxygens (including phenoxy) is 2. The van der Waals surface area contributed by atoms with Gasteiger partial charge >= 0.3 is 0 Å². The molecule has 0 bridgehead atoms. The average Bonchev–Trinajstić information content (AvgIpc) is 2.68. The Balaban J connectivity index is 2.15. The van der Waals surface area contributed by atoms with Crippen LogP contribution in [0.1, 0.15) is 23.7 Å². The first-order valence-electron chi connectivity index (χ1n) is 8.95. The van der Waals surface area contributed by atoms with E-state index in [4.69, 9.17) is 9.47 Å². The second-order valence-corrected chi connectivity index (χ2v) is 8.14. The fraction of sp³-hybridized carbons (Fsp3) is 0.286. The van der Waals surface area contributed by atoms with Gasteiger partial charge in [0.2, 0.25) is 0 Å². The fourth-order valence-corrected chi connectivity index (χ4v) is 4.20. The molecule has 0 spiro atoms. The second-order valence-electron chi connectivity index (χ2n) is 6.56. The number of methoxy groups -OCH3 is 2. The van der Waals surface area contributed by atoms with E-state index in [0.29, 0.717) is 11.5 Å². The van der Waals surface area contributed by atoms with Gasteiger partial charge in [0.15, 0.2) is 33.4 Å². The van der Waals surface area contributed by atoms with Crippen molar-refractivity contribution >= 4 is 20.8 Å². The van der Waals surface area contributed by atoms with E-state index in [-0.39, 0.29) is 4.90 Å². The van der Waals surface area contributed by atoms with Gasteiger partial charge in [-0.3, -0.25) is 0 Å². The van der Waals surface area contributed by atoms with Crippen molar-refractivity contribution < 1.29 is 22.6 Å². The topological polar surface area (TPSA) is 70.6 Å². The van der Waals surface area contributed by atoms with Crippen LogP contribution in [0.5, 0.6) is 11.5 Å². The van der Waals surface area contributed by atoms with Crippen molar-refractivity contribution in [1.29, 1.82) is 0 Å². The number of sulfonamides is 1. The quantitative estimate of drug-likeness (QED) is 0.589. The van der Waals surface area contributed by atoms with E-state index in [1.54, 1.807) is 44.7 Å². The molecule has 3 rings (SSSR count). The Morgan fingerprint density at radius 1 is 1.00 bits per heavy atom. The smallest absolute Gasteiger partial charge is 0.178 e. The third kappa shape index (κ3) is 3.62. The zero-order chi connectivity index (χ0) is 20.5. The molecule has 1 heterocycles. The first kappa shape index (κ1) is 19.9. The van der Waals surface area contributed by atoms with Crippen LogP contribution in [-0.4, -0.2) is 22.6 Å². The Morgan fingerprint density at radius 3 is 2.18 bits per heavy atom. The number of aromatic nitrogens is 1. The number of benzene rings is 2. The molecule has 0 saturated carbocycles. The van der Waals surface area contributed by atoms with Crippen molar-refractivity contribution in [2.75, 3.05) is 14.2 Å². The number of aryl methyl sites for hydroxylation is 2. The molecule has 6 nitrogen and oxygen atoms in total. The number of fused-ring (bicyclic) bond motifs is 1. The highest BCUT2D eigenvalue weighted by Crippen LogP contribution is 2.34. The van der Waals surface area contributed by atoms with Gasteiger partial charge in [0.25, 0.3) is 0 Å².